The summed E-state index contributed by atoms with van der Waals surface area (Å²) >= 11 is 0. The summed E-state index contributed by atoms with van der Waals surface area (Å²) in [6, 6.07) is 1.14. The number of hydrogen-bond donors (Lipinski definition) is 2. The summed E-state index contributed by atoms with van der Waals surface area (Å²) in [5, 5.41) is 0. The van der Waals surface area contributed by atoms with E-state index < -0.39 is 15.9 Å². The number of amides is 1. The van der Waals surface area contributed by atoms with Crippen LogP contribution in [0.2, 0.25) is 0 Å². The maximum atomic E-state index is 12.6. The van der Waals surface area contributed by atoms with Crippen molar-refractivity contribution in [1.82, 2.24) is 8.87 Å². The van der Waals surface area contributed by atoms with E-state index in [0.717, 1.165) is 19.3 Å². The largest absolute Gasteiger partial charge is 0.364 e. The van der Waals surface area contributed by atoms with Crippen LogP contribution < -0.4 is 11.5 Å². The molecule has 1 fully saturated rings. The van der Waals surface area contributed by atoms with Crippen molar-refractivity contribution in [2.24, 2.45) is 18.5 Å². The first kappa shape index (κ1) is 15.0. The molecule has 0 bridgehead atoms. The fraction of sp³-hybridized carbons (Fsp3) is 0.583. The van der Waals surface area contributed by atoms with Crippen molar-refractivity contribution in [3.8, 4) is 0 Å². The van der Waals surface area contributed by atoms with Gasteiger partial charge in [0.1, 0.15) is 10.6 Å². The first-order valence-corrected chi connectivity index (χ1v) is 8.00. The van der Waals surface area contributed by atoms with Crippen LogP contribution in [-0.2, 0) is 17.1 Å². The van der Waals surface area contributed by atoms with Gasteiger partial charge < -0.3 is 16.0 Å². The first-order chi connectivity index (χ1) is 9.37. The standard InChI is InChI=1S/C12H20N4O3S/c1-15-8-10(6-11(15)12(14)17)20(18,19)16-5-3-2-4-9(16)7-13/h6,8-9H,2-5,7,13H2,1H3,(H2,14,17)/t9-/m1/s1. The Morgan fingerprint density at radius 2 is 2.15 bits per heavy atom. The lowest BCUT2D eigenvalue weighted by molar-refractivity contribution is 0.0992. The lowest BCUT2D eigenvalue weighted by atomic mass is 10.1. The molecule has 2 rings (SSSR count). The van der Waals surface area contributed by atoms with Gasteiger partial charge in [-0.15, -0.1) is 0 Å². The van der Waals surface area contributed by atoms with Crippen LogP contribution >= 0.6 is 0 Å². The van der Waals surface area contributed by atoms with Crippen molar-refractivity contribution in [2.75, 3.05) is 13.1 Å². The van der Waals surface area contributed by atoms with Gasteiger partial charge in [-0.25, -0.2) is 8.42 Å². The van der Waals surface area contributed by atoms with Gasteiger partial charge >= 0.3 is 0 Å². The van der Waals surface area contributed by atoms with E-state index in [0.29, 0.717) is 13.1 Å². The lowest BCUT2D eigenvalue weighted by Crippen LogP contribution is -2.47. The number of aromatic nitrogens is 1. The second kappa shape index (κ2) is 5.55. The summed E-state index contributed by atoms with van der Waals surface area (Å²) in [5.41, 5.74) is 11.1. The highest BCUT2D eigenvalue weighted by atomic mass is 32.2. The van der Waals surface area contributed by atoms with E-state index in [9.17, 15) is 13.2 Å². The Morgan fingerprint density at radius 1 is 1.45 bits per heavy atom. The number of sulfonamides is 1. The van der Waals surface area contributed by atoms with Gasteiger partial charge in [0.05, 0.1) is 0 Å². The molecular formula is C12H20N4O3S. The van der Waals surface area contributed by atoms with Crippen LogP contribution in [0.25, 0.3) is 0 Å². The number of primary amides is 1. The Bertz CT molecular complexity index is 608. The minimum absolute atomic E-state index is 0.0918. The van der Waals surface area contributed by atoms with E-state index in [4.69, 9.17) is 11.5 Å². The van der Waals surface area contributed by atoms with Gasteiger partial charge in [0.2, 0.25) is 10.0 Å². The Hall–Kier alpha value is -1.38. The number of carbonyl (C=O) groups is 1. The average Bonchev–Trinajstić information content (AvgIpc) is 2.81. The lowest BCUT2D eigenvalue weighted by Gasteiger charge is -2.33. The molecule has 0 spiro atoms. The molecule has 1 aromatic heterocycles. The summed E-state index contributed by atoms with van der Waals surface area (Å²) in [7, 11) is -2.04. The third-order valence-electron chi connectivity index (χ3n) is 3.68. The smallest absolute Gasteiger partial charge is 0.265 e. The van der Waals surface area contributed by atoms with Crippen LogP contribution in [0, 0.1) is 0 Å². The third kappa shape index (κ3) is 2.58. The van der Waals surface area contributed by atoms with Crippen LogP contribution in [0.3, 0.4) is 0 Å². The molecule has 8 heteroatoms. The monoisotopic (exact) mass is 300 g/mol. The zero-order valence-electron chi connectivity index (χ0n) is 11.4. The van der Waals surface area contributed by atoms with Gasteiger partial charge in [-0.05, 0) is 18.9 Å². The zero-order valence-corrected chi connectivity index (χ0v) is 12.3. The van der Waals surface area contributed by atoms with E-state index in [1.165, 1.54) is 21.1 Å². The summed E-state index contributed by atoms with van der Waals surface area (Å²) in [4.78, 5) is 11.3. The highest BCUT2D eigenvalue weighted by molar-refractivity contribution is 7.89. The zero-order chi connectivity index (χ0) is 14.9. The molecule has 1 saturated heterocycles. The Kier molecular flexibility index (Phi) is 4.17. The maximum Gasteiger partial charge on any atom is 0.265 e. The van der Waals surface area contributed by atoms with Gasteiger partial charge in [-0.3, -0.25) is 4.79 Å². The molecule has 1 aliphatic rings. The molecule has 1 aliphatic heterocycles. The second-order valence-electron chi connectivity index (χ2n) is 5.04. The molecule has 1 aromatic rings. The molecule has 1 atom stereocenters. The molecule has 0 unspecified atom stereocenters. The normalized spacial score (nSPS) is 21.0. The highest BCUT2D eigenvalue weighted by Gasteiger charge is 2.33. The molecule has 1 amide bonds. The van der Waals surface area contributed by atoms with Crippen LogP contribution in [0.1, 0.15) is 29.8 Å². The first-order valence-electron chi connectivity index (χ1n) is 6.56. The number of piperidine rings is 1. The van der Waals surface area contributed by atoms with E-state index in [1.54, 1.807) is 7.05 Å². The van der Waals surface area contributed by atoms with Gasteiger partial charge in [-0.2, -0.15) is 4.31 Å². The van der Waals surface area contributed by atoms with E-state index in [1.807, 2.05) is 0 Å². The molecule has 112 valence electrons. The fourth-order valence-corrected chi connectivity index (χ4v) is 4.36. The number of aryl methyl sites for hydroxylation is 1. The van der Waals surface area contributed by atoms with Crippen LogP contribution in [0.15, 0.2) is 17.2 Å². The SMILES string of the molecule is Cn1cc(S(=O)(=O)N2CCCC[C@@H]2CN)cc1C(N)=O. The maximum absolute atomic E-state index is 12.6. The average molecular weight is 300 g/mol. The van der Waals surface area contributed by atoms with Crippen molar-refractivity contribution < 1.29 is 13.2 Å². The predicted octanol–water partition coefficient (Wildman–Crippen LogP) is -0.374. The molecule has 0 saturated carbocycles. The number of hydrogen-bond acceptors (Lipinski definition) is 4. The van der Waals surface area contributed by atoms with Crippen molar-refractivity contribution in [3.05, 3.63) is 18.0 Å². The fourth-order valence-electron chi connectivity index (χ4n) is 2.58. The third-order valence-corrected chi connectivity index (χ3v) is 5.60. The van der Waals surface area contributed by atoms with Crippen molar-refractivity contribution in [2.45, 2.75) is 30.2 Å². The molecule has 0 radical (unpaired) electrons. The van der Waals surface area contributed by atoms with Crippen molar-refractivity contribution in [3.63, 3.8) is 0 Å². The Balaban J connectivity index is 2.39. The number of carbonyl (C=O) groups excluding carboxylic acids is 1. The van der Waals surface area contributed by atoms with Crippen LogP contribution in [-0.4, -0.2) is 42.3 Å². The number of rotatable bonds is 4. The summed E-state index contributed by atoms with van der Waals surface area (Å²) in [5.74, 6) is -0.650. The van der Waals surface area contributed by atoms with E-state index >= 15 is 0 Å². The molecule has 4 N–H and O–H groups in total. The summed E-state index contributed by atoms with van der Waals surface area (Å²) < 4.78 is 28.2. The number of nitrogens with zero attached hydrogens (tertiary/aromatic N) is 2. The number of nitrogens with two attached hydrogens (primary N) is 2. The second-order valence-corrected chi connectivity index (χ2v) is 6.93. The molecule has 7 nitrogen and oxygen atoms in total. The summed E-state index contributed by atoms with van der Waals surface area (Å²) in [6.45, 7) is 0.764. The molecule has 0 aliphatic carbocycles. The van der Waals surface area contributed by atoms with Crippen molar-refractivity contribution in [1.29, 1.82) is 0 Å². The minimum Gasteiger partial charge on any atom is -0.364 e. The van der Waals surface area contributed by atoms with Gasteiger partial charge in [0.15, 0.2) is 0 Å². The molecule has 0 aromatic carbocycles. The summed E-state index contributed by atoms with van der Waals surface area (Å²) in [6.07, 6.45) is 3.99. The topological polar surface area (TPSA) is 111 Å². The molecule has 2 heterocycles. The van der Waals surface area contributed by atoms with E-state index in [-0.39, 0.29) is 16.6 Å². The Morgan fingerprint density at radius 3 is 2.70 bits per heavy atom. The van der Waals surface area contributed by atoms with Gasteiger partial charge in [-0.1, -0.05) is 6.42 Å². The van der Waals surface area contributed by atoms with Gasteiger partial charge in [0.25, 0.3) is 5.91 Å². The van der Waals surface area contributed by atoms with Crippen molar-refractivity contribution >= 4 is 15.9 Å². The van der Waals surface area contributed by atoms with Crippen LogP contribution in [0.5, 0.6) is 0 Å². The van der Waals surface area contributed by atoms with Crippen LogP contribution in [0.4, 0.5) is 0 Å². The quantitative estimate of drug-likeness (QED) is 0.789. The van der Waals surface area contributed by atoms with Gasteiger partial charge in [0, 0.05) is 32.4 Å². The minimum atomic E-state index is -3.63. The highest BCUT2D eigenvalue weighted by Crippen LogP contribution is 2.25. The molecular weight excluding hydrogens is 280 g/mol. The molecule has 20 heavy (non-hydrogen) atoms. The predicted molar refractivity (Wildman–Crippen MR) is 74.5 cm³/mol. The Labute approximate surface area is 118 Å². The van der Waals surface area contributed by atoms with E-state index in [2.05, 4.69) is 0 Å².